The molecule has 1 aromatic heterocycles. The first-order valence-electron chi connectivity index (χ1n) is 13.7. The second-order valence-corrected chi connectivity index (χ2v) is 10.0. The van der Waals surface area contributed by atoms with Crippen LogP contribution >= 0.6 is 0 Å². The highest BCUT2D eigenvalue weighted by atomic mass is 16.5. The Labute approximate surface area is 223 Å². The van der Waals surface area contributed by atoms with Crippen LogP contribution in [0.5, 0.6) is 11.5 Å². The third-order valence-electron chi connectivity index (χ3n) is 6.41. The lowest BCUT2D eigenvalue weighted by Crippen LogP contribution is -2.44. The molecule has 0 unspecified atom stereocenters. The smallest absolute Gasteiger partial charge is 0.242 e. The van der Waals surface area contributed by atoms with E-state index in [2.05, 4.69) is 20.8 Å². The van der Waals surface area contributed by atoms with Crippen molar-refractivity contribution in [2.24, 2.45) is 5.92 Å². The Morgan fingerprint density at radius 1 is 0.919 bits per heavy atom. The minimum absolute atomic E-state index is 0.0652. The fourth-order valence-electron chi connectivity index (χ4n) is 4.36. The molecule has 2 aromatic rings. The number of hydrogen-bond donors (Lipinski definition) is 0. The molecule has 206 valence electrons. The van der Waals surface area contributed by atoms with Crippen molar-refractivity contribution in [2.75, 3.05) is 33.9 Å². The van der Waals surface area contributed by atoms with E-state index in [0.29, 0.717) is 44.0 Å². The molecule has 0 radical (unpaired) electrons. The minimum Gasteiger partial charge on any atom is -0.493 e. The first kappa shape index (κ1) is 30.3. The van der Waals surface area contributed by atoms with Gasteiger partial charge in [0.25, 0.3) is 0 Å². The molecule has 2 amide bonds. The zero-order valence-corrected chi connectivity index (χ0v) is 23.5. The van der Waals surface area contributed by atoms with E-state index in [0.717, 1.165) is 30.6 Å². The van der Waals surface area contributed by atoms with Crippen molar-refractivity contribution in [3.05, 3.63) is 47.9 Å². The molecular formula is C30H46N2O5. The Hall–Kier alpha value is -2.96. The number of methoxy groups -OCH3 is 2. The van der Waals surface area contributed by atoms with Gasteiger partial charge in [0.1, 0.15) is 5.76 Å². The van der Waals surface area contributed by atoms with Gasteiger partial charge in [0.15, 0.2) is 11.5 Å². The molecule has 0 saturated carbocycles. The van der Waals surface area contributed by atoms with Gasteiger partial charge in [-0.1, -0.05) is 58.9 Å². The number of benzene rings is 1. The van der Waals surface area contributed by atoms with E-state index in [1.807, 2.05) is 30.3 Å². The van der Waals surface area contributed by atoms with E-state index in [-0.39, 0.29) is 24.3 Å². The maximum atomic E-state index is 13.5. The fraction of sp³-hybridized carbons (Fsp3) is 0.600. The Morgan fingerprint density at radius 3 is 2.30 bits per heavy atom. The van der Waals surface area contributed by atoms with Crippen molar-refractivity contribution in [3.8, 4) is 11.5 Å². The van der Waals surface area contributed by atoms with E-state index in [4.69, 9.17) is 13.9 Å². The topological polar surface area (TPSA) is 72.2 Å². The van der Waals surface area contributed by atoms with Crippen LogP contribution in [0.3, 0.4) is 0 Å². The van der Waals surface area contributed by atoms with Crippen LogP contribution in [0.1, 0.15) is 77.0 Å². The average molecular weight is 515 g/mol. The molecular weight excluding hydrogens is 468 g/mol. The SMILES string of the molecule is CCCCCCCCC(=O)N(CC(=O)N(CCc1ccc(OC)c(OC)c1)Cc1ccco1)CC(C)C. The normalized spacial score (nSPS) is 11.0. The highest BCUT2D eigenvalue weighted by molar-refractivity contribution is 5.84. The first-order valence-corrected chi connectivity index (χ1v) is 13.7. The van der Waals surface area contributed by atoms with Crippen LogP contribution in [0, 0.1) is 5.92 Å². The Bertz CT molecular complexity index is 926. The number of hydrogen-bond acceptors (Lipinski definition) is 5. The summed E-state index contributed by atoms with van der Waals surface area (Å²) in [5.74, 6) is 2.32. The van der Waals surface area contributed by atoms with Gasteiger partial charge in [0.05, 0.1) is 33.6 Å². The highest BCUT2D eigenvalue weighted by Gasteiger charge is 2.23. The van der Waals surface area contributed by atoms with Crippen LogP contribution in [0.15, 0.2) is 41.0 Å². The molecule has 1 aromatic carbocycles. The average Bonchev–Trinajstić information content (AvgIpc) is 3.40. The van der Waals surface area contributed by atoms with Crippen LogP contribution < -0.4 is 9.47 Å². The van der Waals surface area contributed by atoms with Crippen molar-refractivity contribution in [1.29, 1.82) is 0 Å². The summed E-state index contributed by atoms with van der Waals surface area (Å²) in [7, 11) is 3.22. The second kappa shape index (κ2) is 16.7. The number of amides is 2. The van der Waals surface area contributed by atoms with E-state index in [9.17, 15) is 9.59 Å². The van der Waals surface area contributed by atoms with Gasteiger partial charge >= 0.3 is 0 Å². The molecule has 0 bridgehead atoms. The van der Waals surface area contributed by atoms with Crippen molar-refractivity contribution in [2.45, 2.75) is 78.7 Å². The zero-order valence-electron chi connectivity index (χ0n) is 23.5. The van der Waals surface area contributed by atoms with Gasteiger partial charge in [0.2, 0.25) is 11.8 Å². The van der Waals surface area contributed by atoms with Crippen molar-refractivity contribution < 1.29 is 23.5 Å². The highest BCUT2D eigenvalue weighted by Crippen LogP contribution is 2.27. The molecule has 7 heteroatoms. The lowest BCUT2D eigenvalue weighted by molar-refractivity contribution is -0.141. The fourth-order valence-corrected chi connectivity index (χ4v) is 4.36. The molecule has 0 aliphatic carbocycles. The van der Waals surface area contributed by atoms with Crippen molar-refractivity contribution in [3.63, 3.8) is 0 Å². The Balaban J connectivity index is 2.05. The Morgan fingerprint density at radius 2 is 1.65 bits per heavy atom. The zero-order chi connectivity index (χ0) is 27.0. The second-order valence-electron chi connectivity index (χ2n) is 10.0. The van der Waals surface area contributed by atoms with Crippen LogP contribution in [-0.4, -0.2) is 55.5 Å². The number of furan rings is 1. The van der Waals surface area contributed by atoms with Crippen molar-refractivity contribution >= 4 is 11.8 Å². The van der Waals surface area contributed by atoms with Crippen molar-refractivity contribution in [1.82, 2.24) is 9.80 Å². The van der Waals surface area contributed by atoms with Crippen LogP contribution in [0.4, 0.5) is 0 Å². The predicted octanol–water partition coefficient (Wildman–Crippen LogP) is 6.10. The minimum atomic E-state index is -0.0752. The lowest BCUT2D eigenvalue weighted by atomic mass is 10.1. The number of rotatable bonds is 18. The summed E-state index contributed by atoms with van der Waals surface area (Å²) in [6.45, 7) is 7.87. The van der Waals surface area contributed by atoms with Gasteiger partial charge in [0, 0.05) is 19.5 Å². The number of unbranched alkanes of at least 4 members (excludes halogenated alkanes) is 5. The van der Waals surface area contributed by atoms with Gasteiger partial charge in [-0.2, -0.15) is 0 Å². The van der Waals surface area contributed by atoms with E-state index < -0.39 is 0 Å². The lowest BCUT2D eigenvalue weighted by Gasteiger charge is -2.28. The van der Waals surface area contributed by atoms with Crippen LogP contribution in [0.25, 0.3) is 0 Å². The molecule has 0 aliphatic rings. The summed E-state index contributed by atoms with van der Waals surface area (Å²) in [5, 5.41) is 0. The summed E-state index contributed by atoms with van der Waals surface area (Å²) < 4.78 is 16.3. The molecule has 0 fully saturated rings. The molecule has 1 heterocycles. The summed E-state index contributed by atoms with van der Waals surface area (Å²) in [5.41, 5.74) is 1.04. The number of ether oxygens (including phenoxy) is 2. The molecule has 7 nitrogen and oxygen atoms in total. The van der Waals surface area contributed by atoms with Gasteiger partial charge in [-0.15, -0.1) is 0 Å². The molecule has 2 rings (SSSR count). The standard InChI is InChI=1S/C30H46N2O5/c1-6-7-8-9-10-11-14-29(33)32(21-24(2)3)23-30(34)31(22-26-13-12-19-37-26)18-17-25-15-16-27(35-4)28(20-25)36-5/h12-13,15-16,19-20,24H,6-11,14,17-18,21-23H2,1-5H3. The van der Waals surface area contributed by atoms with E-state index >= 15 is 0 Å². The van der Waals surface area contributed by atoms with Gasteiger partial charge in [-0.25, -0.2) is 0 Å². The van der Waals surface area contributed by atoms with Crippen LogP contribution in [0.2, 0.25) is 0 Å². The van der Waals surface area contributed by atoms with Gasteiger partial charge < -0.3 is 23.7 Å². The third kappa shape index (κ3) is 10.9. The Kier molecular flexibility index (Phi) is 13.7. The summed E-state index contributed by atoms with van der Waals surface area (Å²) in [6.07, 6.45) is 9.53. The molecule has 0 spiro atoms. The number of nitrogens with zero attached hydrogens (tertiary/aromatic N) is 2. The maximum Gasteiger partial charge on any atom is 0.242 e. The van der Waals surface area contributed by atoms with Crippen LogP contribution in [-0.2, 0) is 22.6 Å². The third-order valence-corrected chi connectivity index (χ3v) is 6.41. The van der Waals surface area contributed by atoms with E-state index in [1.165, 1.54) is 19.3 Å². The summed E-state index contributed by atoms with van der Waals surface area (Å²) in [6, 6.07) is 9.47. The summed E-state index contributed by atoms with van der Waals surface area (Å²) in [4.78, 5) is 30.1. The maximum absolute atomic E-state index is 13.5. The van der Waals surface area contributed by atoms with Gasteiger partial charge in [-0.05, 0) is 48.6 Å². The molecule has 0 N–H and O–H groups in total. The molecule has 0 aliphatic heterocycles. The number of carbonyl (C=O) groups excluding carboxylic acids is 2. The largest absolute Gasteiger partial charge is 0.493 e. The van der Waals surface area contributed by atoms with Gasteiger partial charge in [-0.3, -0.25) is 9.59 Å². The first-order chi connectivity index (χ1) is 17.9. The molecule has 0 atom stereocenters. The molecule has 37 heavy (non-hydrogen) atoms. The summed E-state index contributed by atoms with van der Waals surface area (Å²) >= 11 is 0. The molecule has 0 saturated heterocycles. The monoisotopic (exact) mass is 514 g/mol. The quantitative estimate of drug-likeness (QED) is 0.225. The van der Waals surface area contributed by atoms with E-state index in [1.54, 1.807) is 30.3 Å². The predicted molar refractivity (Wildman–Crippen MR) is 147 cm³/mol. The number of carbonyl (C=O) groups is 2.